The van der Waals surface area contributed by atoms with Crippen molar-refractivity contribution in [1.29, 1.82) is 0 Å². The lowest BCUT2D eigenvalue weighted by molar-refractivity contribution is -0.146. The van der Waals surface area contributed by atoms with E-state index in [2.05, 4.69) is 15.6 Å². The minimum absolute atomic E-state index is 0.152. The van der Waals surface area contributed by atoms with Gasteiger partial charge in [0.25, 0.3) is 0 Å². The molecule has 2 aliphatic carbocycles. The van der Waals surface area contributed by atoms with Crippen molar-refractivity contribution in [1.82, 2.24) is 10.6 Å². The van der Waals surface area contributed by atoms with Crippen LogP contribution in [-0.4, -0.2) is 23.8 Å². The highest BCUT2D eigenvalue weighted by Gasteiger charge is 2.49. The second kappa shape index (κ2) is 3.82. The van der Waals surface area contributed by atoms with Crippen LogP contribution in [0.3, 0.4) is 0 Å². The van der Waals surface area contributed by atoms with Crippen molar-refractivity contribution in [3.05, 3.63) is 0 Å². The number of hydrogen-bond donors (Lipinski definition) is 2. The summed E-state index contributed by atoms with van der Waals surface area (Å²) in [4.78, 5) is 28.6. The Morgan fingerprint density at radius 1 is 1.00 bits per heavy atom. The van der Waals surface area contributed by atoms with Crippen LogP contribution in [0.1, 0.15) is 44.9 Å². The average Bonchev–Trinajstić information content (AvgIpc) is 3.12. The fraction of sp³-hybridized carbons (Fsp3) is 0.750. The highest BCUT2D eigenvalue weighted by atomic mass is 16.2. The van der Waals surface area contributed by atoms with Crippen LogP contribution in [0, 0.1) is 5.41 Å². The van der Waals surface area contributed by atoms with E-state index in [1.807, 2.05) is 0 Å². The Morgan fingerprint density at radius 3 is 2.12 bits per heavy atom. The van der Waals surface area contributed by atoms with Crippen LogP contribution in [0.5, 0.6) is 0 Å². The van der Waals surface area contributed by atoms with E-state index in [9.17, 15) is 9.59 Å². The van der Waals surface area contributed by atoms with E-state index in [1.54, 1.807) is 0 Å². The fourth-order valence-electron chi connectivity index (χ4n) is 2.65. The van der Waals surface area contributed by atoms with E-state index in [1.165, 1.54) is 0 Å². The first-order valence-electron chi connectivity index (χ1n) is 6.41. The minimum Gasteiger partial charge on any atom is -0.295 e. The molecule has 5 nitrogen and oxygen atoms in total. The minimum atomic E-state index is -0.819. The van der Waals surface area contributed by atoms with Crippen LogP contribution in [-0.2, 0) is 9.59 Å². The summed E-state index contributed by atoms with van der Waals surface area (Å²) in [5.41, 5.74) is -0.819. The number of nitrogens with zero attached hydrogens (tertiary/aromatic N) is 1. The maximum absolute atomic E-state index is 12.1. The molecule has 0 aromatic rings. The van der Waals surface area contributed by atoms with Gasteiger partial charge in [0.1, 0.15) is 5.41 Å². The predicted molar refractivity (Wildman–Crippen MR) is 62.3 cm³/mol. The molecule has 2 N–H and O–H groups in total. The molecule has 0 bridgehead atoms. The number of carbonyl (C=O) groups is 2. The molecule has 17 heavy (non-hydrogen) atoms. The van der Waals surface area contributed by atoms with Crippen molar-refractivity contribution in [2.24, 2.45) is 10.4 Å². The molecular weight excluding hydrogens is 218 g/mol. The summed E-state index contributed by atoms with van der Waals surface area (Å²) >= 11 is 0. The van der Waals surface area contributed by atoms with Gasteiger partial charge in [0.2, 0.25) is 17.8 Å². The van der Waals surface area contributed by atoms with E-state index >= 15 is 0 Å². The molecule has 3 rings (SSSR count). The molecule has 0 radical (unpaired) electrons. The zero-order valence-corrected chi connectivity index (χ0v) is 9.79. The van der Waals surface area contributed by atoms with Gasteiger partial charge in [-0.05, 0) is 25.7 Å². The summed E-state index contributed by atoms with van der Waals surface area (Å²) in [6.45, 7) is 0. The van der Waals surface area contributed by atoms with Crippen molar-refractivity contribution >= 4 is 17.8 Å². The Balaban J connectivity index is 1.80. The van der Waals surface area contributed by atoms with Crippen LogP contribution in [0.15, 0.2) is 4.99 Å². The molecule has 1 spiro atoms. The highest BCUT2D eigenvalue weighted by molar-refractivity contribution is 6.20. The second-order valence-corrected chi connectivity index (χ2v) is 5.26. The molecule has 0 aromatic heterocycles. The molecule has 1 aliphatic heterocycles. The Labute approximate surface area is 100 Å². The second-order valence-electron chi connectivity index (χ2n) is 5.26. The van der Waals surface area contributed by atoms with Gasteiger partial charge in [-0.2, -0.15) is 0 Å². The molecule has 0 aromatic carbocycles. The molecule has 5 heteroatoms. The third-order valence-electron chi connectivity index (χ3n) is 3.90. The molecule has 1 saturated heterocycles. The van der Waals surface area contributed by atoms with Gasteiger partial charge >= 0.3 is 0 Å². The van der Waals surface area contributed by atoms with E-state index in [4.69, 9.17) is 0 Å². The quantitative estimate of drug-likeness (QED) is 0.657. The smallest absolute Gasteiger partial charge is 0.242 e. The zero-order chi connectivity index (χ0) is 11.9. The molecule has 3 aliphatic rings. The van der Waals surface area contributed by atoms with Gasteiger partial charge in [-0.3, -0.25) is 20.2 Å². The van der Waals surface area contributed by atoms with Gasteiger partial charge in [-0.15, -0.1) is 0 Å². The first-order valence-corrected chi connectivity index (χ1v) is 6.41. The summed E-state index contributed by atoms with van der Waals surface area (Å²) in [6, 6.07) is 0.297. The standard InChI is InChI=1S/C12H17N3O2/c16-9-12(6-2-1-3-7-12)10(17)15-11(14-9)13-8-4-5-8/h8H,1-7H2,(H2,13,14,15,16,17). The van der Waals surface area contributed by atoms with Crippen molar-refractivity contribution in [3.63, 3.8) is 0 Å². The van der Waals surface area contributed by atoms with Crippen molar-refractivity contribution in [3.8, 4) is 0 Å². The topological polar surface area (TPSA) is 70.6 Å². The van der Waals surface area contributed by atoms with E-state index in [-0.39, 0.29) is 11.8 Å². The van der Waals surface area contributed by atoms with Crippen LogP contribution in [0.25, 0.3) is 0 Å². The molecule has 1 heterocycles. The Morgan fingerprint density at radius 2 is 1.59 bits per heavy atom. The molecule has 3 fully saturated rings. The van der Waals surface area contributed by atoms with Crippen molar-refractivity contribution < 1.29 is 9.59 Å². The van der Waals surface area contributed by atoms with Crippen molar-refractivity contribution in [2.45, 2.75) is 51.0 Å². The van der Waals surface area contributed by atoms with Gasteiger partial charge in [-0.1, -0.05) is 19.3 Å². The van der Waals surface area contributed by atoms with Gasteiger partial charge in [0, 0.05) is 0 Å². The maximum atomic E-state index is 12.1. The molecule has 0 unspecified atom stereocenters. The van der Waals surface area contributed by atoms with Crippen LogP contribution in [0.2, 0.25) is 0 Å². The number of guanidine groups is 1. The third-order valence-corrected chi connectivity index (χ3v) is 3.90. The monoisotopic (exact) mass is 235 g/mol. The van der Waals surface area contributed by atoms with Crippen LogP contribution >= 0.6 is 0 Å². The Kier molecular flexibility index (Phi) is 2.42. The Bertz CT molecular complexity index is 371. The largest absolute Gasteiger partial charge is 0.295 e. The predicted octanol–water partition coefficient (Wildman–Crippen LogP) is 0.701. The lowest BCUT2D eigenvalue weighted by Crippen LogP contribution is -2.63. The van der Waals surface area contributed by atoms with E-state index < -0.39 is 5.41 Å². The first-order chi connectivity index (χ1) is 8.21. The molecule has 92 valence electrons. The Hall–Kier alpha value is -1.39. The van der Waals surface area contributed by atoms with Gasteiger partial charge in [0.15, 0.2) is 0 Å². The summed E-state index contributed by atoms with van der Waals surface area (Å²) < 4.78 is 0. The SMILES string of the molecule is O=C1NC(=NC2CC2)NC(=O)C12CCCCC2. The van der Waals surface area contributed by atoms with Gasteiger partial charge < -0.3 is 0 Å². The molecule has 2 saturated carbocycles. The number of hydrogen-bond acceptors (Lipinski definition) is 3. The summed E-state index contributed by atoms with van der Waals surface area (Å²) in [7, 11) is 0. The molecular formula is C12H17N3O2. The number of aliphatic imine (C=N–C) groups is 1. The number of carbonyl (C=O) groups excluding carboxylic acids is 2. The van der Waals surface area contributed by atoms with Gasteiger partial charge in [0.05, 0.1) is 6.04 Å². The summed E-state index contributed by atoms with van der Waals surface area (Å²) in [6.07, 6.45) is 6.47. The number of rotatable bonds is 1. The molecule has 2 amide bonds. The lowest BCUT2D eigenvalue weighted by Gasteiger charge is -2.37. The average molecular weight is 235 g/mol. The fourth-order valence-corrected chi connectivity index (χ4v) is 2.65. The summed E-state index contributed by atoms with van der Waals surface area (Å²) in [5.74, 6) is 0.0550. The zero-order valence-electron chi connectivity index (χ0n) is 9.79. The van der Waals surface area contributed by atoms with Crippen molar-refractivity contribution in [2.75, 3.05) is 0 Å². The normalized spacial score (nSPS) is 27.6. The number of nitrogens with one attached hydrogen (secondary N) is 2. The number of amides is 2. The highest BCUT2D eigenvalue weighted by Crippen LogP contribution is 2.38. The van der Waals surface area contributed by atoms with Crippen LogP contribution in [0.4, 0.5) is 0 Å². The van der Waals surface area contributed by atoms with E-state index in [0.29, 0.717) is 24.8 Å². The van der Waals surface area contributed by atoms with E-state index in [0.717, 1.165) is 32.1 Å². The maximum Gasteiger partial charge on any atom is 0.242 e. The first kappa shape index (κ1) is 10.7. The van der Waals surface area contributed by atoms with Gasteiger partial charge in [-0.25, -0.2) is 4.99 Å². The van der Waals surface area contributed by atoms with Crippen LogP contribution < -0.4 is 10.6 Å². The third kappa shape index (κ3) is 1.83. The summed E-state index contributed by atoms with van der Waals surface area (Å²) in [5, 5.41) is 5.52. The lowest BCUT2D eigenvalue weighted by atomic mass is 9.72. The molecule has 0 atom stereocenters.